The first kappa shape index (κ1) is 19.0. The highest BCUT2D eigenvalue weighted by atomic mass is 16.5. The van der Waals surface area contributed by atoms with E-state index in [0.717, 1.165) is 5.56 Å². The summed E-state index contributed by atoms with van der Waals surface area (Å²) in [6, 6.07) is 8.50. The Bertz CT molecular complexity index is 720. The van der Waals surface area contributed by atoms with Crippen LogP contribution in [0, 0.1) is 0 Å². The molecule has 0 spiro atoms. The summed E-state index contributed by atoms with van der Waals surface area (Å²) in [5, 5.41) is 15.7. The van der Waals surface area contributed by atoms with Crippen molar-refractivity contribution in [1.29, 1.82) is 0 Å². The van der Waals surface area contributed by atoms with Gasteiger partial charge in [0, 0.05) is 13.0 Å². The Morgan fingerprint density at radius 2 is 1.92 bits per heavy atom. The quantitative estimate of drug-likeness (QED) is 0.563. The van der Waals surface area contributed by atoms with Gasteiger partial charge >= 0.3 is 5.97 Å². The van der Waals surface area contributed by atoms with E-state index < -0.39 is 24.5 Å². The first-order chi connectivity index (χ1) is 12.6. The van der Waals surface area contributed by atoms with Gasteiger partial charge in [-0.25, -0.2) is 9.48 Å². The average molecular weight is 360 g/mol. The van der Waals surface area contributed by atoms with Crippen molar-refractivity contribution in [1.82, 2.24) is 30.8 Å². The fourth-order valence-corrected chi connectivity index (χ4v) is 2.16. The van der Waals surface area contributed by atoms with E-state index in [1.54, 1.807) is 6.92 Å². The van der Waals surface area contributed by atoms with E-state index >= 15 is 0 Å². The third-order valence-corrected chi connectivity index (χ3v) is 3.39. The second-order valence-electron chi connectivity index (χ2n) is 5.33. The highest BCUT2D eigenvalue weighted by molar-refractivity contribution is 5.86. The number of benzene rings is 1. The van der Waals surface area contributed by atoms with Gasteiger partial charge in [0.05, 0.1) is 6.54 Å². The van der Waals surface area contributed by atoms with Crippen molar-refractivity contribution >= 4 is 17.8 Å². The van der Waals surface area contributed by atoms with E-state index in [9.17, 15) is 14.4 Å². The van der Waals surface area contributed by atoms with Crippen LogP contribution in [0.25, 0.3) is 0 Å². The zero-order valence-corrected chi connectivity index (χ0v) is 14.3. The van der Waals surface area contributed by atoms with Crippen molar-refractivity contribution in [2.45, 2.75) is 19.4 Å². The minimum atomic E-state index is -0.802. The maximum Gasteiger partial charge on any atom is 0.331 e. The number of hydrogen-bond donors (Lipinski definition) is 2. The van der Waals surface area contributed by atoms with Crippen molar-refractivity contribution in [3.05, 3.63) is 42.2 Å². The molecule has 1 heterocycles. The molecular weight excluding hydrogens is 340 g/mol. The number of aromatic nitrogens is 4. The minimum absolute atomic E-state index is 0.176. The van der Waals surface area contributed by atoms with Crippen LogP contribution in [0.5, 0.6) is 0 Å². The Morgan fingerprint density at radius 1 is 1.15 bits per heavy atom. The second kappa shape index (κ2) is 9.87. The van der Waals surface area contributed by atoms with Gasteiger partial charge in [-0.15, -0.1) is 5.10 Å². The molecule has 0 radical (unpaired) electrons. The molecule has 138 valence electrons. The van der Waals surface area contributed by atoms with Gasteiger partial charge in [0.15, 0.2) is 12.6 Å². The van der Waals surface area contributed by atoms with Gasteiger partial charge in [-0.3, -0.25) is 9.59 Å². The fraction of sp³-hybridized carbons (Fsp3) is 0.375. The molecule has 0 saturated carbocycles. The van der Waals surface area contributed by atoms with E-state index in [1.807, 2.05) is 30.3 Å². The molecule has 0 aliphatic carbocycles. The van der Waals surface area contributed by atoms with Crippen molar-refractivity contribution < 1.29 is 19.1 Å². The predicted molar refractivity (Wildman–Crippen MR) is 89.7 cm³/mol. The summed E-state index contributed by atoms with van der Waals surface area (Å²) >= 11 is 0. The highest BCUT2D eigenvalue weighted by Crippen LogP contribution is 2.14. The molecule has 10 heteroatoms. The summed E-state index contributed by atoms with van der Waals surface area (Å²) in [5.74, 6) is -1.53. The molecule has 1 aromatic heterocycles. The van der Waals surface area contributed by atoms with Crippen LogP contribution in [-0.4, -0.2) is 57.7 Å². The maximum absolute atomic E-state index is 12.4. The summed E-state index contributed by atoms with van der Waals surface area (Å²) in [6.45, 7) is 1.57. The van der Waals surface area contributed by atoms with Gasteiger partial charge in [0.1, 0.15) is 6.33 Å². The Kier molecular flexibility index (Phi) is 7.22. The van der Waals surface area contributed by atoms with Gasteiger partial charge in [-0.1, -0.05) is 30.3 Å². The topological polar surface area (TPSA) is 128 Å². The van der Waals surface area contributed by atoms with Crippen LogP contribution in [0.2, 0.25) is 0 Å². The van der Waals surface area contributed by atoms with E-state index in [0.29, 0.717) is 13.0 Å². The monoisotopic (exact) mass is 360 g/mol. The smallest absolute Gasteiger partial charge is 0.331 e. The fourth-order valence-electron chi connectivity index (χ4n) is 2.16. The Morgan fingerprint density at radius 3 is 2.58 bits per heavy atom. The second-order valence-corrected chi connectivity index (χ2v) is 5.33. The molecule has 0 fully saturated rings. The van der Waals surface area contributed by atoms with Crippen molar-refractivity contribution in [2.75, 3.05) is 19.7 Å². The number of tetrazole rings is 1. The summed E-state index contributed by atoms with van der Waals surface area (Å²) in [4.78, 5) is 35.4. The SMILES string of the molecule is CCNC(=O)CNC(=O)COC(=O)[C@H](Cc1ccccc1)n1cnnn1. The number of esters is 1. The molecule has 2 amide bonds. The van der Waals surface area contributed by atoms with Gasteiger partial charge in [-0.2, -0.15) is 0 Å². The van der Waals surface area contributed by atoms with Gasteiger partial charge < -0.3 is 15.4 Å². The lowest BCUT2D eigenvalue weighted by Gasteiger charge is -2.15. The number of nitrogens with one attached hydrogen (secondary N) is 2. The maximum atomic E-state index is 12.4. The first-order valence-electron chi connectivity index (χ1n) is 8.06. The first-order valence-corrected chi connectivity index (χ1v) is 8.06. The molecule has 2 N–H and O–H groups in total. The Hall–Kier alpha value is -3.30. The van der Waals surface area contributed by atoms with E-state index in [1.165, 1.54) is 11.0 Å². The van der Waals surface area contributed by atoms with Crippen LogP contribution in [0.1, 0.15) is 18.5 Å². The van der Waals surface area contributed by atoms with Gasteiger partial charge in [0.2, 0.25) is 5.91 Å². The van der Waals surface area contributed by atoms with Crippen molar-refractivity contribution in [3.63, 3.8) is 0 Å². The standard InChI is InChI=1S/C16H20N6O4/c1-2-17-14(23)9-18-15(24)10-26-16(25)13(22-11-19-20-21-22)8-12-6-4-3-5-7-12/h3-7,11,13H,2,8-10H2,1H3,(H,17,23)(H,18,24)/t13-/m0/s1. The van der Waals surface area contributed by atoms with Crippen LogP contribution in [0.4, 0.5) is 0 Å². The lowest BCUT2D eigenvalue weighted by molar-refractivity contribution is -0.152. The molecule has 0 unspecified atom stereocenters. The molecule has 1 aromatic carbocycles. The normalized spacial score (nSPS) is 11.4. The number of amides is 2. The van der Waals surface area contributed by atoms with E-state index in [4.69, 9.17) is 4.74 Å². The third-order valence-electron chi connectivity index (χ3n) is 3.39. The predicted octanol–water partition coefficient (Wildman–Crippen LogP) is -0.748. The molecule has 10 nitrogen and oxygen atoms in total. The van der Waals surface area contributed by atoms with Crippen LogP contribution in [0.15, 0.2) is 36.7 Å². The molecule has 26 heavy (non-hydrogen) atoms. The molecular formula is C16H20N6O4. The molecule has 2 rings (SSSR count). The van der Waals surface area contributed by atoms with Crippen LogP contribution in [-0.2, 0) is 25.5 Å². The molecule has 0 aliphatic rings. The number of carbonyl (C=O) groups is 3. The number of hydrogen-bond acceptors (Lipinski definition) is 7. The van der Waals surface area contributed by atoms with Gasteiger partial charge in [-0.05, 0) is 22.9 Å². The minimum Gasteiger partial charge on any atom is -0.454 e. The zero-order chi connectivity index (χ0) is 18.8. The van der Waals surface area contributed by atoms with Crippen LogP contribution >= 0.6 is 0 Å². The number of ether oxygens (including phenoxy) is 1. The average Bonchev–Trinajstić information content (AvgIpc) is 3.18. The number of carbonyl (C=O) groups excluding carboxylic acids is 3. The summed E-state index contributed by atoms with van der Waals surface area (Å²) in [6.07, 6.45) is 1.62. The zero-order valence-electron chi connectivity index (χ0n) is 14.3. The molecule has 0 bridgehead atoms. The number of rotatable bonds is 9. The largest absolute Gasteiger partial charge is 0.454 e. The third kappa shape index (κ3) is 5.96. The number of likely N-dealkylation sites (N-methyl/N-ethyl adjacent to an activating group) is 1. The van der Waals surface area contributed by atoms with E-state index in [-0.39, 0.29) is 12.5 Å². The number of nitrogens with zero attached hydrogens (tertiary/aromatic N) is 4. The molecule has 0 saturated heterocycles. The van der Waals surface area contributed by atoms with Crippen LogP contribution in [0.3, 0.4) is 0 Å². The molecule has 2 aromatic rings. The van der Waals surface area contributed by atoms with Crippen molar-refractivity contribution in [2.24, 2.45) is 0 Å². The molecule has 0 aliphatic heterocycles. The summed E-state index contributed by atoms with van der Waals surface area (Å²) < 4.78 is 6.33. The summed E-state index contributed by atoms with van der Waals surface area (Å²) in [7, 11) is 0. The molecule has 1 atom stereocenters. The lowest BCUT2D eigenvalue weighted by Crippen LogP contribution is -2.39. The van der Waals surface area contributed by atoms with Crippen LogP contribution < -0.4 is 10.6 Å². The Labute approximate surface area is 149 Å². The van der Waals surface area contributed by atoms with Gasteiger partial charge in [0.25, 0.3) is 5.91 Å². The van der Waals surface area contributed by atoms with E-state index in [2.05, 4.69) is 26.2 Å². The van der Waals surface area contributed by atoms with Crippen molar-refractivity contribution in [3.8, 4) is 0 Å². The Balaban J connectivity index is 1.90. The lowest BCUT2D eigenvalue weighted by atomic mass is 10.1. The summed E-state index contributed by atoms with van der Waals surface area (Å²) in [5.41, 5.74) is 0.894. The highest BCUT2D eigenvalue weighted by Gasteiger charge is 2.24.